The maximum absolute atomic E-state index is 9.18. The molecular formula is C14H20N4O2S. The maximum Gasteiger partial charge on any atom is 0.198 e. The van der Waals surface area contributed by atoms with Crippen LogP contribution >= 0.6 is 12.2 Å². The van der Waals surface area contributed by atoms with Crippen LogP contribution in [0.1, 0.15) is 5.82 Å². The summed E-state index contributed by atoms with van der Waals surface area (Å²) in [6.07, 6.45) is 0. The molecular weight excluding hydrogens is 288 g/mol. The summed E-state index contributed by atoms with van der Waals surface area (Å²) in [6, 6.07) is 9.72. The van der Waals surface area contributed by atoms with Crippen LogP contribution in [0.15, 0.2) is 30.3 Å². The molecule has 21 heavy (non-hydrogen) atoms. The van der Waals surface area contributed by atoms with Crippen LogP contribution in [0.25, 0.3) is 0 Å². The minimum absolute atomic E-state index is 0.117. The first-order chi connectivity index (χ1) is 10.1. The fourth-order valence-electron chi connectivity index (χ4n) is 1.90. The van der Waals surface area contributed by atoms with Crippen LogP contribution in [0, 0.1) is 4.77 Å². The topological polar surface area (TPSA) is 55.4 Å². The lowest BCUT2D eigenvalue weighted by molar-refractivity contribution is 0.196. The van der Waals surface area contributed by atoms with E-state index in [0.29, 0.717) is 23.9 Å². The molecule has 0 aliphatic rings. The number of aromatic nitrogens is 3. The molecule has 0 aliphatic carbocycles. The van der Waals surface area contributed by atoms with Crippen LogP contribution < -0.4 is 4.74 Å². The summed E-state index contributed by atoms with van der Waals surface area (Å²) >= 11 is 5.28. The standard InChI is InChI=1S/C14H20N4O2S/c1-16(8-9-20-12-6-4-3-5-7-12)11-18-14(21)17(2)13(10-19)15-18/h3-7,19H,8-11H2,1-2H3. The molecule has 2 aromatic rings. The van der Waals surface area contributed by atoms with Gasteiger partial charge in [0.15, 0.2) is 10.6 Å². The highest BCUT2D eigenvalue weighted by atomic mass is 32.1. The van der Waals surface area contributed by atoms with Crippen LogP contribution in [-0.2, 0) is 20.3 Å². The van der Waals surface area contributed by atoms with E-state index in [9.17, 15) is 5.11 Å². The molecule has 7 heteroatoms. The van der Waals surface area contributed by atoms with Gasteiger partial charge in [-0.05, 0) is 31.4 Å². The van der Waals surface area contributed by atoms with E-state index in [1.807, 2.05) is 37.4 Å². The molecule has 0 spiro atoms. The predicted octanol–water partition coefficient (Wildman–Crippen LogP) is 1.41. The molecule has 1 N–H and O–H groups in total. The van der Waals surface area contributed by atoms with Crippen molar-refractivity contribution >= 4 is 12.2 Å². The summed E-state index contributed by atoms with van der Waals surface area (Å²) < 4.78 is 9.65. The summed E-state index contributed by atoms with van der Waals surface area (Å²) in [4.78, 5) is 2.06. The van der Waals surface area contributed by atoms with Crippen molar-refractivity contribution in [2.24, 2.45) is 7.05 Å². The Morgan fingerprint density at radius 3 is 2.67 bits per heavy atom. The third kappa shape index (κ3) is 4.13. The van der Waals surface area contributed by atoms with Crippen molar-refractivity contribution < 1.29 is 9.84 Å². The molecule has 1 heterocycles. The van der Waals surface area contributed by atoms with Crippen LogP contribution in [0.4, 0.5) is 0 Å². The lowest BCUT2D eigenvalue weighted by atomic mass is 10.3. The Hall–Kier alpha value is -1.70. The SMILES string of the molecule is CN(CCOc1ccccc1)Cn1nc(CO)n(C)c1=S. The Labute approximate surface area is 129 Å². The first kappa shape index (κ1) is 15.7. The number of hydrogen-bond donors (Lipinski definition) is 1. The number of hydrogen-bond acceptors (Lipinski definition) is 5. The van der Waals surface area contributed by atoms with Gasteiger partial charge in [0, 0.05) is 13.6 Å². The molecule has 0 bridgehead atoms. The fourth-order valence-corrected chi connectivity index (χ4v) is 2.10. The van der Waals surface area contributed by atoms with E-state index in [4.69, 9.17) is 17.0 Å². The van der Waals surface area contributed by atoms with Crippen molar-refractivity contribution in [1.82, 2.24) is 19.2 Å². The van der Waals surface area contributed by atoms with Gasteiger partial charge in [0.05, 0.1) is 6.67 Å². The number of aliphatic hydroxyl groups is 1. The largest absolute Gasteiger partial charge is 0.492 e. The van der Waals surface area contributed by atoms with Gasteiger partial charge in [0.1, 0.15) is 19.0 Å². The van der Waals surface area contributed by atoms with Crippen molar-refractivity contribution in [3.05, 3.63) is 40.9 Å². The second-order valence-corrected chi connectivity index (χ2v) is 5.16. The minimum atomic E-state index is -0.117. The third-order valence-electron chi connectivity index (χ3n) is 3.13. The van der Waals surface area contributed by atoms with Crippen molar-refractivity contribution in [2.75, 3.05) is 20.2 Å². The molecule has 0 atom stereocenters. The molecule has 0 radical (unpaired) electrons. The Balaban J connectivity index is 1.85. The highest BCUT2D eigenvalue weighted by Crippen LogP contribution is 2.08. The second kappa shape index (κ2) is 7.35. The summed E-state index contributed by atoms with van der Waals surface area (Å²) in [5, 5.41) is 13.5. The quantitative estimate of drug-likeness (QED) is 0.784. The molecule has 1 aromatic heterocycles. The van der Waals surface area contributed by atoms with Crippen LogP contribution in [0.2, 0.25) is 0 Å². The smallest absolute Gasteiger partial charge is 0.198 e. The molecule has 0 fully saturated rings. The number of para-hydroxylation sites is 1. The van der Waals surface area contributed by atoms with Gasteiger partial charge in [-0.1, -0.05) is 18.2 Å². The van der Waals surface area contributed by atoms with E-state index in [0.717, 1.165) is 12.3 Å². The summed E-state index contributed by atoms with van der Waals surface area (Å²) in [5.41, 5.74) is 0. The summed E-state index contributed by atoms with van der Waals surface area (Å²) in [7, 11) is 3.78. The van der Waals surface area contributed by atoms with Gasteiger partial charge in [-0.2, -0.15) is 5.10 Å². The van der Waals surface area contributed by atoms with Gasteiger partial charge >= 0.3 is 0 Å². The van der Waals surface area contributed by atoms with E-state index >= 15 is 0 Å². The van der Waals surface area contributed by atoms with E-state index in [-0.39, 0.29) is 6.61 Å². The average molecular weight is 308 g/mol. The first-order valence-corrected chi connectivity index (χ1v) is 7.12. The Morgan fingerprint density at radius 2 is 2.05 bits per heavy atom. The lowest BCUT2D eigenvalue weighted by Gasteiger charge is -2.16. The Kier molecular flexibility index (Phi) is 5.49. The monoisotopic (exact) mass is 308 g/mol. The van der Waals surface area contributed by atoms with Gasteiger partial charge in [-0.3, -0.25) is 4.90 Å². The molecule has 2 rings (SSSR count). The molecule has 0 saturated heterocycles. The fraction of sp³-hybridized carbons (Fsp3) is 0.429. The number of nitrogens with zero attached hydrogens (tertiary/aromatic N) is 4. The average Bonchev–Trinajstić information content (AvgIpc) is 2.76. The zero-order valence-corrected chi connectivity index (χ0v) is 13.1. The number of aliphatic hydroxyl groups excluding tert-OH is 1. The van der Waals surface area contributed by atoms with Crippen molar-refractivity contribution in [3.8, 4) is 5.75 Å². The molecule has 0 saturated carbocycles. The van der Waals surface area contributed by atoms with E-state index in [1.165, 1.54) is 0 Å². The van der Waals surface area contributed by atoms with E-state index in [2.05, 4.69) is 10.00 Å². The number of rotatable bonds is 7. The van der Waals surface area contributed by atoms with Crippen molar-refractivity contribution in [1.29, 1.82) is 0 Å². The highest BCUT2D eigenvalue weighted by Gasteiger charge is 2.08. The number of likely N-dealkylation sites (N-methyl/N-ethyl adjacent to an activating group) is 1. The van der Waals surface area contributed by atoms with E-state index in [1.54, 1.807) is 16.3 Å². The molecule has 0 aliphatic heterocycles. The van der Waals surface area contributed by atoms with Crippen LogP contribution in [0.5, 0.6) is 5.75 Å². The van der Waals surface area contributed by atoms with Gasteiger partial charge < -0.3 is 14.4 Å². The zero-order valence-electron chi connectivity index (χ0n) is 12.3. The molecule has 6 nitrogen and oxygen atoms in total. The Morgan fingerprint density at radius 1 is 1.33 bits per heavy atom. The van der Waals surface area contributed by atoms with Crippen molar-refractivity contribution in [3.63, 3.8) is 0 Å². The molecule has 0 amide bonds. The van der Waals surface area contributed by atoms with Crippen molar-refractivity contribution in [2.45, 2.75) is 13.3 Å². The number of benzene rings is 1. The normalized spacial score (nSPS) is 11.0. The summed E-state index contributed by atoms with van der Waals surface area (Å²) in [6.45, 7) is 1.79. The van der Waals surface area contributed by atoms with Gasteiger partial charge in [-0.15, -0.1) is 0 Å². The van der Waals surface area contributed by atoms with Gasteiger partial charge in [-0.25, -0.2) is 4.68 Å². The highest BCUT2D eigenvalue weighted by molar-refractivity contribution is 7.71. The molecule has 1 aromatic carbocycles. The minimum Gasteiger partial charge on any atom is -0.492 e. The maximum atomic E-state index is 9.18. The lowest BCUT2D eigenvalue weighted by Crippen LogP contribution is -2.27. The zero-order chi connectivity index (χ0) is 15.2. The second-order valence-electron chi connectivity index (χ2n) is 4.80. The van der Waals surface area contributed by atoms with Gasteiger partial charge in [0.2, 0.25) is 0 Å². The third-order valence-corrected chi connectivity index (χ3v) is 3.62. The molecule has 0 unspecified atom stereocenters. The number of ether oxygens (including phenoxy) is 1. The Bertz CT molecular complexity index is 624. The summed E-state index contributed by atoms with van der Waals surface area (Å²) in [5.74, 6) is 1.43. The van der Waals surface area contributed by atoms with E-state index < -0.39 is 0 Å². The van der Waals surface area contributed by atoms with Crippen LogP contribution in [-0.4, -0.2) is 44.6 Å². The predicted molar refractivity (Wildman–Crippen MR) is 82.5 cm³/mol. The molecule has 114 valence electrons. The van der Waals surface area contributed by atoms with Gasteiger partial charge in [0.25, 0.3) is 0 Å². The van der Waals surface area contributed by atoms with Crippen LogP contribution in [0.3, 0.4) is 0 Å². The first-order valence-electron chi connectivity index (χ1n) is 6.71.